The number of urea groups is 1. The Morgan fingerprint density at radius 3 is 2.31 bits per heavy atom. The first kappa shape index (κ1) is 11.7. The molecule has 0 radical (unpaired) electrons. The molecular formula is C13H24N2O. The zero-order chi connectivity index (χ0) is 11.5. The quantitative estimate of drug-likeness (QED) is 0.672. The van der Waals surface area contributed by atoms with E-state index in [1.807, 2.05) is 4.90 Å². The zero-order valence-corrected chi connectivity index (χ0v) is 10.6. The average molecular weight is 224 g/mol. The highest BCUT2D eigenvalue weighted by Gasteiger charge is 2.32. The molecule has 0 aromatic heterocycles. The van der Waals surface area contributed by atoms with Gasteiger partial charge in [0.1, 0.15) is 0 Å². The van der Waals surface area contributed by atoms with Crippen LogP contribution in [-0.4, -0.2) is 41.5 Å². The summed E-state index contributed by atoms with van der Waals surface area (Å²) in [6.07, 6.45) is 6.03. The predicted molar refractivity (Wildman–Crippen MR) is 65.4 cm³/mol. The van der Waals surface area contributed by atoms with Gasteiger partial charge in [0.2, 0.25) is 0 Å². The fourth-order valence-corrected chi connectivity index (χ4v) is 2.98. The molecule has 0 aromatic rings. The Kier molecular flexibility index (Phi) is 3.72. The molecule has 0 aromatic carbocycles. The Morgan fingerprint density at radius 1 is 1.06 bits per heavy atom. The lowest BCUT2D eigenvalue weighted by atomic mass is 9.93. The maximum absolute atomic E-state index is 12.4. The summed E-state index contributed by atoms with van der Waals surface area (Å²) in [4.78, 5) is 16.5. The van der Waals surface area contributed by atoms with E-state index in [0.717, 1.165) is 19.6 Å². The van der Waals surface area contributed by atoms with E-state index in [0.29, 0.717) is 18.0 Å². The third-order valence-corrected chi connectivity index (χ3v) is 3.94. The third kappa shape index (κ3) is 2.33. The molecule has 2 aliphatic rings. The maximum Gasteiger partial charge on any atom is 0.320 e. The van der Waals surface area contributed by atoms with Crippen LogP contribution in [0.15, 0.2) is 0 Å². The van der Waals surface area contributed by atoms with Crippen LogP contribution in [0.1, 0.15) is 46.0 Å². The van der Waals surface area contributed by atoms with Crippen LogP contribution in [0.5, 0.6) is 0 Å². The number of nitrogens with zero attached hydrogens (tertiary/aromatic N) is 2. The van der Waals surface area contributed by atoms with E-state index >= 15 is 0 Å². The number of amides is 2. The monoisotopic (exact) mass is 224 g/mol. The molecule has 2 saturated heterocycles. The fraction of sp³-hybridized carbons (Fsp3) is 0.923. The summed E-state index contributed by atoms with van der Waals surface area (Å²) in [5.74, 6) is 0.590. The van der Waals surface area contributed by atoms with E-state index in [2.05, 4.69) is 18.7 Å². The Bertz CT molecular complexity index is 246. The lowest BCUT2D eigenvalue weighted by Gasteiger charge is -2.40. The van der Waals surface area contributed by atoms with Crippen LogP contribution in [0.25, 0.3) is 0 Å². The number of hydrogen-bond donors (Lipinski definition) is 0. The van der Waals surface area contributed by atoms with Gasteiger partial charge >= 0.3 is 6.03 Å². The molecule has 1 atom stereocenters. The molecule has 0 N–H and O–H groups in total. The van der Waals surface area contributed by atoms with Crippen molar-refractivity contribution in [2.24, 2.45) is 5.92 Å². The summed E-state index contributed by atoms with van der Waals surface area (Å²) in [6, 6.07) is 0.776. The smallest absolute Gasteiger partial charge is 0.320 e. The standard InChI is InChI=1S/C13H24N2O/c1-11(2)12-7-3-4-10-15(12)13(16)14-8-5-6-9-14/h11-12H,3-10H2,1-2H3. The van der Waals surface area contributed by atoms with Crippen molar-refractivity contribution < 1.29 is 4.79 Å². The minimum absolute atomic E-state index is 0.302. The van der Waals surface area contributed by atoms with Gasteiger partial charge in [-0.05, 0) is 38.0 Å². The van der Waals surface area contributed by atoms with E-state index in [4.69, 9.17) is 0 Å². The fourth-order valence-electron chi connectivity index (χ4n) is 2.98. The summed E-state index contributed by atoms with van der Waals surface area (Å²) < 4.78 is 0. The predicted octanol–water partition coefficient (Wildman–Crippen LogP) is 2.71. The first-order valence-electron chi connectivity index (χ1n) is 6.75. The summed E-state index contributed by atoms with van der Waals surface area (Å²) in [7, 11) is 0. The highest BCUT2D eigenvalue weighted by Crippen LogP contribution is 2.25. The molecule has 2 rings (SSSR count). The molecule has 2 amide bonds. The SMILES string of the molecule is CC(C)C1CCCCN1C(=O)N1CCCC1. The van der Waals surface area contributed by atoms with Gasteiger partial charge in [-0.15, -0.1) is 0 Å². The Morgan fingerprint density at radius 2 is 1.69 bits per heavy atom. The molecule has 0 saturated carbocycles. The number of likely N-dealkylation sites (tertiary alicyclic amines) is 2. The van der Waals surface area contributed by atoms with Crippen molar-refractivity contribution >= 4 is 6.03 Å². The number of carbonyl (C=O) groups excluding carboxylic acids is 1. The largest absolute Gasteiger partial charge is 0.325 e. The molecule has 0 bridgehead atoms. The van der Waals surface area contributed by atoms with Crippen molar-refractivity contribution in [1.29, 1.82) is 0 Å². The first-order valence-corrected chi connectivity index (χ1v) is 6.75. The Balaban J connectivity index is 2.01. The molecular weight excluding hydrogens is 200 g/mol. The van der Waals surface area contributed by atoms with Crippen molar-refractivity contribution in [2.45, 2.75) is 52.0 Å². The lowest BCUT2D eigenvalue weighted by Crippen LogP contribution is -2.51. The minimum Gasteiger partial charge on any atom is -0.325 e. The molecule has 2 aliphatic heterocycles. The minimum atomic E-state index is 0.302. The summed E-state index contributed by atoms with van der Waals surface area (Å²) in [6.45, 7) is 7.39. The number of piperidine rings is 1. The van der Waals surface area contributed by atoms with Gasteiger partial charge in [-0.2, -0.15) is 0 Å². The number of hydrogen-bond acceptors (Lipinski definition) is 1. The van der Waals surface area contributed by atoms with Gasteiger partial charge in [0.15, 0.2) is 0 Å². The molecule has 92 valence electrons. The van der Waals surface area contributed by atoms with Crippen LogP contribution in [0, 0.1) is 5.92 Å². The topological polar surface area (TPSA) is 23.6 Å². The van der Waals surface area contributed by atoms with Gasteiger partial charge < -0.3 is 9.80 Å². The molecule has 0 aliphatic carbocycles. The van der Waals surface area contributed by atoms with Crippen molar-refractivity contribution in [3.63, 3.8) is 0 Å². The van der Waals surface area contributed by atoms with Crippen LogP contribution < -0.4 is 0 Å². The zero-order valence-electron chi connectivity index (χ0n) is 10.6. The van der Waals surface area contributed by atoms with E-state index in [1.165, 1.54) is 32.1 Å². The molecule has 0 spiro atoms. The average Bonchev–Trinajstić information content (AvgIpc) is 2.81. The van der Waals surface area contributed by atoms with Gasteiger partial charge in [0.25, 0.3) is 0 Å². The highest BCUT2D eigenvalue weighted by atomic mass is 16.2. The first-order chi connectivity index (χ1) is 7.70. The second kappa shape index (κ2) is 5.07. The van der Waals surface area contributed by atoms with Gasteiger partial charge in [0.05, 0.1) is 0 Å². The van der Waals surface area contributed by atoms with Gasteiger partial charge in [0, 0.05) is 25.7 Å². The lowest BCUT2D eigenvalue weighted by molar-refractivity contribution is 0.103. The van der Waals surface area contributed by atoms with Crippen molar-refractivity contribution in [3.8, 4) is 0 Å². The second-order valence-electron chi connectivity index (χ2n) is 5.48. The van der Waals surface area contributed by atoms with Crippen molar-refractivity contribution in [1.82, 2.24) is 9.80 Å². The molecule has 2 fully saturated rings. The van der Waals surface area contributed by atoms with Gasteiger partial charge in [-0.25, -0.2) is 4.79 Å². The number of carbonyl (C=O) groups is 1. The number of rotatable bonds is 1. The van der Waals surface area contributed by atoms with E-state index in [-0.39, 0.29) is 0 Å². The van der Waals surface area contributed by atoms with E-state index in [9.17, 15) is 4.79 Å². The van der Waals surface area contributed by atoms with E-state index in [1.54, 1.807) is 0 Å². The molecule has 3 nitrogen and oxygen atoms in total. The van der Waals surface area contributed by atoms with Crippen LogP contribution in [0.2, 0.25) is 0 Å². The van der Waals surface area contributed by atoms with Crippen molar-refractivity contribution in [3.05, 3.63) is 0 Å². The normalized spacial score (nSPS) is 26.6. The van der Waals surface area contributed by atoms with E-state index < -0.39 is 0 Å². The summed E-state index contributed by atoms with van der Waals surface area (Å²) >= 11 is 0. The molecule has 2 heterocycles. The van der Waals surface area contributed by atoms with Crippen LogP contribution in [0.3, 0.4) is 0 Å². The van der Waals surface area contributed by atoms with Crippen LogP contribution in [-0.2, 0) is 0 Å². The van der Waals surface area contributed by atoms with Crippen LogP contribution in [0.4, 0.5) is 4.79 Å². The van der Waals surface area contributed by atoms with Crippen molar-refractivity contribution in [2.75, 3.05) is 19.6 Å². The van der Waals surface area contributed by atoms with Crippen LogP contribution >= 0.6 is 0 Å². The summed E-state index contributed by atoms with van der Waals surface area (Å²) in [5.41, 5.74) is 0. The van der Waals surface area contributed by atoms with Gasteiger partial charge in [-0.3, -0.25) is 0 Å². The molecule has 3 heteroatoms. The second-order valence-corrected chi connectivity index (χ2v) is 5.48. The Labute approximate surface area is 98.8 Å². The molecule has 1 unspecified atom stereocenters. The van der Waals surface area contributed by atoms with Gasteiger partial charge in [-0.1, -0.05) is 13.8 Å². The third-order valence-electron chi connectivity index (χ3n) is 3.94. The highest BCUT2D eigenvalue weighted by molar-refractivity contribution is 5.75. The Hall–Kier alpha value is -0.730. The summed E-state index contributed by atoms with van der Waals surface area (Å²) in [5, 5.41) is 0. The maximum atomic E-state index is 12.4. The molecule has 16 heavy (non-hydrogen) atoms.